The van der Waals surface area contributed by atoms with E-state index in [-0.39, 0.29) is 17.2 Å². The van der Waals surface area contributed by atoms with Crippen molar-refractivity contribution in [2.24, 2.45) is 11.8 Å². The Bertz CT molecular complexity index is 928. The number of methoxy groups -OCH3 is 1. The molecule has 1 amide bonds. The summed E-state index contributed by atoms with van der Waals surface area (Å²) in [5, 5.41) is 4.34. The molecule has 2 aromatic rings. The zero-order valence-corrected chi connectivity index (χ0v) is 18.2. The molecule has 0 unspecified atom stereocenters. The highest BCUT2D eigenvalue weighted by atomic mass is 79.9. The zero-order chi connectivity index (χ0) is 19.7. The third-order valence-corrected chi connectivity index (χ3v) is 6.79. The Morgan fingerprint density at radius 3 is 2.71 bits per heavy atom. The van der Waals surface area contributed by atoms with E-state index in [4.69, 9.17) is 4.74 Å². The number of rotatable bonds is 9. The Hall–Kier alpha value is -1.38. The molecule has 2 saturated carbocycles. The van der Waals surface area contributed by atoms with Crippen LogP contribution >= 0.6 is 27.7 Å². The minimum atomic E-state index is -0.111. The van der Waals surface area contributed by atoms with Gasteiger partial charge in [0.2, 0.25) is 5.91 Å². The molecule has 2 fully saturated rings. The van der Waals surface area contributed by atoms with Gasteiger partial charge in [-0.1, -0.05) is 27.7 Å². The predicted octanol–water partition coefficient (Wildman–Crippen LogP) is 3.20. The van der Waals surface area contributed by atoms with Gasteiger partial charge in [0.1, 0.15) is 0 Å². The van der Waals surface area contributed by atoms with Crippen molar-refractivity contribution in [2.45, 2.75) is 43.4 Å². The highest BCUT2D eigenvalue weighted by molar-refractivity contribution is 9.10. The first-order valence-corrected chi connectivity index (χ1v) is 11.5. The molecule has 8 heteroatoms. The van der Waals surface area contributed by atoms with E-state index < -0.39 is 0 Å². The standard InChI is InChI=1S/C20H24BrN3O3S/c1-27-9-8-24-19(26)15-10-14(21)6-7-16(15)22-20(24)28-11-17(25)23-18(12-2-3-12)13-4-5-13/h6-7,10,12-13,18H,2-5,8-9,11H2,1H3,(H,23,25). The fourth-order valence-corrected chi connectivity index (χ4v) is 4.75. The summed E-state index contributed by atoms with van der Waals surface area (Å²) >= 11 is 4.73. The second kappa shape index (κ2) is 8.55. The van der Waals surface area contributed by atoms with Crippen LogP contribution in [-0.4, -0.2) is 41.0 Å². The smallest absolute Gasteiger partial charge is 0.262 e. The number of benzene rings is 1. The molecule has 2 aliphatic rings. The van der Waals surface area contributed by atoms with Crippen molar-refractivity contribution in [3.63, 3.8) is 0 Å². The topological polar surface area (TPSA) is 73.2 Å². The summed E-state index contributed by atoms with van der Waals surface area (Å²) < 4.78 is 7.59. The first kappa shape index (κ1) is 19.9. The summed E-state index contributed by atoms with van der Waals surface area (Å²) in [7, 11) is 1.60. The lowest BCUT2D eigenvalue weighted by Crippen LogP contribution is -2.39. The molecule has 0 atom stereocenters. The number of carbonyl (C=O) groups excluding carboxylic acids is 1. The molecule has 6 nitrogen and oxygen atoms in total. The molecule has 0 bridgehead atoms. The Morgan fingerprint density at radius 1 is 1.36 bits per heavy atom. The molecular weight excluding hydrogens is 442 g/mol. The zero-order valence-electron chi connectivity index (χ0n) is 15.8. The summed E-state index contributed by atoms with van der Waals surface area (Å²) in [4.78, 5) is 30.1. The van der Waals surface area contributed by atoms with Gasteiger partial charge in [0.05, 0.1) is 29.8 Å². The van der Waals surface area contributed by atoms with Crippen molar-refractivity contribution in [2.75, 3.05) is 19.5 Å². The van der Waals surface area contributed by atoms with E-state index >= 15 is 0 Å². The van der Waals surface area contributed by atoms with Gasteiger partial charge in [-0.3, -0.25) is 14.2 Å². The van der Waals surface area contributed by atoms with Gasteiger partial charge in [0.25, 0.3) is 5.56 Å². The first-order valence-electron chi connectivity index (χ1n) is 9.68. The van der Waals surface area contributed by atoms with Gasteiger partial charge in [0, 0.05) is 17.6 Å². The highest BCUT2D eigenvalue weighted by Gasteiger charge is 2.42. The van der Waals surface area contributed by atoms with Crippen molar-refractivity contribution in [1.29, 1.82) is 0 Å². The summed E-state index contributed by atoms with van der Waals surface area (Å²) in [5.74, 6) is 1.62. The lowest BCUT2D eigenvalue weighted by molar-refractivity contribution is -0.119. The molecule has 0 saturated heterocycles. The monoisotopic (exact) mass is 465 g/mol. The summed E-state index contributed by atoms with van der Waals surface area (Å²) in [5.41, 5.74) is 0.527. The quantitative estimate of drug-likeness (QED) is 0.454. The van der Waals surface area contributed by atoms with Crippen LogP contribution in [0.3, 0.4) is 0 Å². The summed E-state index contributed by atoms with van der Waals surface area (Å²) in [6.45, 7) is 0.813. The number of ether oxygens (including phenoxy) is 1. The van der Waals surface area contributed by atoms with Crippen molar-refractivity contribution in [1.82, 2.24) is 14.9 Å². The van der Waals surface area contributed by atoms with Crippen LogP contribution < -0.4 is 10.9 Å². The maximum Gasteiger partial charge on any atom is 0.262 e. The van der Waals surface area contributed by atoms with Crippen LogP contribution in [-0.2, 0) is 16.1 Å². The number of aromatic nitrogens is 2. The number of nitrogens with one attached hydrogen (secondary N) is 1. The van der Waals surface area contributed by atoms with Crippen molar-refractivity contribution in [3.05, 3.63) is 33.0 Å². The molecule has 1 aromatic heterocycles. The minimum Gasteiger partial charge on any atom is -0.383 e. The number of amides is 1. The number of halogens is 1. The number of thioether (sulfide) groups is 1. The van der Waals surface area contributed by atoms with Gasteiger partial charge in [-0.15, -0.1) is 0 Å². The maximum absolute atomic E-state index is 13.0. The minimum absolute atomic E-state index is 0.0252. The molecule has 1 aromatic carbocycles. The van der Waals surface area contributed by atoms with Crippen LogP contribution in [0.5, 0.6) is 0 Å². The SMILES string of the molecule is COCCn1c(SCC(=O)NC(C2CC2)C2CC2)nc2ccc(Br)cc2c1=O. The van der Waals surface area contributed by atoms with Crippen LogP contribution in [0, 0.1) is 11.8 Å². The fourth-order valence-electron chi connectivity index (χ4n) is 3.55. The van der Waals surface area contributed by atoms with Gasteiger partial charge >= 0.3 is 0 Å². The highest BCUT2D eigenvalue weighted by Crippen LogP contribution is 2.44. The third-order valence-electron chi connectivity index (χ3n) is 5.32. The average molecular weight is 466 g/mol. The number of hydrogen-bond acceptors (Lipinski definition) is 5. The molecule has 4 rings (SSSR count). The molecule has 0 spiro atoms. The Labute approximate surface area is 176 Å². The molecule has 0 aliphatic heterocycles. The molecule has 28 heavy (non-hydrogen) atoms. The molecular formula is C20H24BrN3O3S. The van der Waals surface area contributed by atoms with Crippen molar-refractivity contribution >= 4 is 44.5 Å². The average Bonchev–Trinajstić information content (AvgIpc) is 3.57. The first-order chi connectivity index (χ1) is 13.6. The summed E-state index contributed by atoms with van der Waals surface area (Å²) in [6.07, 6.45) is 4.92. The lowest BCUT2D eigenvalue weighted by atomic mass is 10.1. The Kier molecular flexibility index (Phi) is 6.08. The molecule has 2 aliphatic carbocycles. The number of hydrogen-bond donors (Lipinski definition) is 1. The van der Waals surface area contributed by atoms with Gasteiger partial charge in [0.15, 0.2) is 5.16 Å². The van der Waals surface area contributed by atoms with E-state index in [1.54, 1.807) is 17.7 Å². The van der Waals surface area contributed by atoms with E-state index in [2.05, 4.69) is 26.2 Å². The van der Waals surface area contributed by atoms with Crippen LogP contribution in [0.4, 0.5) is 0 Å². The van der Waals surface area contributed by atoms with E-state index in [9.17, 15) is 9.59 Å². The van der Waals surface area contributed by atoms with Crippen LogP contribution in [0.25, 0.3) is 10.9 Å². The summed E-state index contributed by atoms with van der Waals surface area (Å²) in [6, 6.07) is 5.81. The Morgan fingerprint density at radius 2 is 2.07 bits per heavy atom. The largest absolute Gasteiger partial charge is 0.383 e. The number of fused-ring (bicyclic) bond motifs is 1. The number of carbonyl (C=O) groups is 1. The number of nitrogens with zero attached hydrogens (tertiary/aromatic N) is 2. The van der Waals surface area contributed by atoms with Gasteiger partial charge < -0.3 is 10.1 Å². The lowest BCUT2D eigenvalue weighted by Gasteiger charge is -2.18. The maximum atomic E-state index is 13.0. The van der Waals surface area contributed by atoms with Crippen molar-refractivity contribution < 1.29 is 9.53 Å². The predicted molar refractivity (Wildman–Crippen MR) is 114 cm³/mol. The Balaban J connectivity index is 1.52. The fraction of sp³-hybridized carbons (Fsp3) is 0.550. The molecule has 1 N–H and O–H groups in total. The van der Waals surface area contributed by atoms with Crippen LogP contribution in [0.1, 0.15) is 25.7 Å². The van der Waals surface area contributed by atoms with Gasteiger partial charge in [-0.2, -0.15) is 0 Å². The van der Waals surface area contributed by atoms with E-state index in [1.807, 2.05) is 12.1 Å². The van der Waals surface area contributed by atoms with E-state index in [0.717, 1.165) is 4.47 Å². The van der Waals surface area contributed by atoms with Gasteiger partial charge in [-0.25, -0.2) is 4.98 Å². The second-order valence-corrected chi connectivity index (χ2v) is 9.42. The molecule has 1 heterocycles. The molecule has 0 radical (unpaired) electrons. The van der Waals surface area contributed by atoms with E-state index in [0.29, 0.717) is 47.1 Å². The normalized spacial score (nSPS) is 16.7. The second-order valence-electron chi connectivity index (χ2n) is 7.56. The van der Waals surface area contributed by atoms with E-state index in [1.165, 1.54) is 37.4 Å². The van der Waals surface area contributed by atoms with Crippen molar-refractivity contribution in [3.8, 4) is 0 Å². The third kappa shape index (κ3) is 4.60. The van der Waals surface area contributed by atoms with Crippen LogP contribution in [0.2, 0.25) is 0 Å². The van der Waals surface area contributed by atoms with Gasteiger partial charge in [-0.05, 0) is 55.7 Å². The van der Waals surface area contributed by atoms with Crippen LogP contribution in [0.15, 0.2) is 32.6 Å². The molecule has 150 valence electrons.